The highest BCUT2D eigenvalue weighted by Gasteiger charge is 2.32. The molecule has 0 radical (unpaired) electrons. The van der Waals surface area contributed by atoms with Crippen LogP contribution in [0.25, 0.3) is 0 Å². The molecule has 2 amide bonds. The Morgan fingerprint density at radius 3 is 2.59 bits per heavy atom. The SMILES string of the molecule is CC(C)CNC(=O)CCC(=O)N1CCn2cccc2C1c1ccc(Cl)cc1. The second-order valence-corrected chi connectivity index (χ2v) is 7.80. The minimum absolute atomic E-state index is 0.00194. The number of fused-ring (bicyclic) bond motifs is 1. The number of hydrogen-bond acceptors (Lipinski definition) is 2. The van der Waals surface area contributed by atoms with Gasteiger partial charge in [0, 0.05) is 49.4 Å². The van der Waals surface area contributed by atoms with Crippen molar-refractivity contribution in [1.29, 1.82) is 0 Å². The van der Waals surface area contributed by atoms with Gasteiger partial charge in [0.1, 0.15) is 0 Å². The Morgan fingerprint density at radius 2 is 1.89 bits per heavy atom. The maximum Gasteiger partial charge on any atom is 0.223 e. The lowest BCUT2D eigenvalue weighted by atomic mass is 9.99. The summed E-state index contributed by atoms with van der Waals surface area (Å²) in [7, 11) is 0. The van der Waals surface area contributed by atoms with Gasteiger partial charge < -0.3 is 14.8 Å². The lowest BCUT2D eigenvalue weighted by molar-refractivity contribution is -0.136. The second kappa shape index (κ2) is 8.61. The minimum Gasteiger partial charge on any atom is -0.356 e. The van der Waals surface area contributed by atoms with Crippen molar-refractivity contribution in [3.8, 4) is 0 Å². The van der Waals surface area contributed by atoms with Crippen LogP contribution in [-0.4, -0.2) is 34.4 Å². The van der Waals surface area contributed by atoms with Gasteiger partial charge >= 0.3 is 0 Å². The fourth-order valence-corrected chi connectivity index (χ4v) is 3.54. The molecular weight excluding hydrogens is 362 g/mol. The summed E-state index contributed by atoms with van der Waals surface area (Å²) in [6.07, 6.45) is 2.48. The van der Waals surface area contributed by atoms with Crippen molar-refractivity contribution in [2.24, 2.45) is 5.92 Å². The van der Waals surface area contributed by atoms with Gasteiger partial charge in [0.25, 0.3) is 0 Å². The quantitative estimate of drug-likeness (QED) is 0.822. The topological polar surface area (TPSA) is 54.3 Å². The smallest absolute Gasteiger partial charge is 0.223 e. The van der Waals surface area contributed by atoms with Gasteiger partial charge in [-0.1, -0.05) is 37.6 Å². The van der Waals surface area contributed by atoms with Gasteiger partial charge in [-0.3, -0.25) is 9.59 Å². The van der Waals surface area contributed by atoms with Crippen molar-refractivity contribution in [3.05, 3.63) is 58.9 Å². The fraction of sp³-hybridized carbons (Fsp3) is 0.429. The van der Waals surface area contributed by atoms with Crippen LogP contribution in [0.3, 0.4) is 0 Å². The first-order valence-corrected chi connectivity index (χ1v) is 9.80. The van der Waals surface area contributed by atoms with Crippen LogP contribution in [0.4, 0.5) is 0 Å². The first-order chi connectivity index (χ1) is 13.0. The van der Waals surface area contributed by atoms with E-state index in [4.69, 9.17) is 11.6 Å². The van der Waals surface area contributed by atoms with E-state index in [-0.39, 0.29) is 30.7 Å². The molecule has 1 aromatic carbocycles. The molecule has 1 aromatic heterocycles. The zero-order chi connectivity index (χ0) is 19.4. The number of aromatic nitrogens is 1. The summed E-state index contributed by atoms with van der Waals surface area (Å²) in [5.41, 5.74) is 2.11. The Morgan fingerprint density at radius 1 is 1.15 bits per heavy atom. The first-order valence-electron chi connectivity index (χ1n) is 9.42. The number of nitrogens with zero attached hydrogens (tertiary/aromatic N) is 2. The van der Waals surface area contributed by atoms with Gasteiger partial charge in [0.15, 0.2) is 0 Å². The Hall–Kier alpha value is -2.27. The van der Waals surface area contributed by atoms with E-state index >= 15 is 0 Å². The van der Waals surface area contributed by atoms with E-state index in [9.17, 15) is 9.59 Å². The summed E-state index contributed by atoms with van der Waals surface area (Å²) in [4.78, 5) is 26.8. The van der Waals surface area contributed by atoms with Crippen LogP contribution in [0.5, 0.6) is 0 Å². The second-order valence-electron chi connectivity index (χ2n) is 7.37. The monoisotopic (exact) mass is 387 g/mol. The van der Waals surface area contributed by atoms with E-state index in [1.807, 2.05) is 61.3 Å². The molecule has 27 heavy (non-hydrogen) atoms. The van der Waals surface area contributed by atoms with Crippen molar-refractivity contribution in [3.63, 3.8) is 0 Å². The predicted octanol–water partition coefficient (Wildman–Crippen LogP) is 3.63. The maximum absolute atomic E-state index is 12.9. The first kappa shape index (κ1) is 19.5. The zero-order valence-electron chi connectivity index (χ0n) is 15.8. The number of amides is 2. The molecule has 2 heterocycles. The molecule has 2 aromatic rings. The van der Waals surface area contributed by atoms with E-state index < -0.39 is 0 Å². The predicted molar refractivity (Wildman–Crippen MR) is 107 cm³/mol. The molecule has 144 valence electrons. The minimum atomic E-state index is -0.155. The summed E-state index contributed by atoms with van der Waals surface area (Å²) in [5.74, 6) is 0.330. The van der Waals surface area contributed by atoms with Crippen LogP contribution in [0.2, 0.25) is 5.02 Å². The Bertz CT molecular complexity index is 798. The number of nitrogens with one attached hydrogen (secondary N) is 1. The van der Waals surface area contributed by atoms with E-state index in [1.54, 1.807) is 0 Å². The summed E-state index contributed by atoms with van der Waals surface area (Å²) >= 11 is 6.03. The molecule has 0 fully saturated rings. The van der Waals surface area contributed by atoms with Crippen LogP contribution in [0.1, 0.15) is 44.0 Å². The van der Waals surface area contributed by atoms with Crippen LogP contribution in [0, 0.1) is 5.92 Å². The summed E-state index contributed by atoms with van der Waals surface area (Å²) in [6, 6.07) is 11.5. The summed E-state index contributed by atoms with van der Waals surface area (Å²) < 4.78 is 2.18. The van der Waals surface area contributed by atoms with Crippen molar-refractivity contribution in [1.82, 2.24) is 14.8 Å². The van der Waals surface area contributed by atoms with Gasteiger partial charge in [-0.05, 0) is 35.7 Å². The molecule has 0 saturated heterocycles. The van der Waals surface area contributed by atoms with Crippen molar-refractivity contribution >= 4 is 23.4 Å². The Balaban J connectivity index is 1.74. The molecule has 0 aliphatic carbocycles. The van der Waals surface area contributed by atoms with Crippen LogP contribution >= 0.6 is 11.6 Å². The van der Waals surface area contributed by atoms with E-state index in [0.717, 1.165) is 17.8 Å². The van der Waals surface area contributed by atoms with Crippen LogP contribution in [-0.2, 0) is 16.1 Å². The number of halogens is 1. The zero-order valence-corrected chi connectivity index (χ0v) is 16.6. The molecule has 1 aliphatic rings. The average molecular weight is 388 g/mol. The average Bonchev–Trinajstić information content (AvgIpc) is 3.13. The molecule has 1 atom stereocenters. The van der Waals surface area contributed by atoms with Gasteiger partial charge in [-0.2, -0.15) is 0 Å². The number of rotatable bonds is 6. The third-order valence-corrected chi connectivity index (χ3v) is 5.07. The van der Waals surface area contributed by atoms with E-state index in [1.165, 1.54) is 0 Å². The molecule has 0 bridgehead atoms. The highest BCUT2D eigenvalue weighted by Crippen LogP contribution is 2.33. The number of carbonyl (C=O) groups excluding carboxylic acids is 2. The lowest BCUT2D eigenvalue weighted by Gasteiger charge is -2.37. The number of hydrogen-bond donors (Lipinski definition) is 1. The Labute approximate surface area is 165 Å². The molecule has 6 heteroatoms. The molecule has 1 N–H and O–H groups in total. The van der Waals surface area contributed by atoms with Crippen LogP contribution < -0.4 is 5.32 Å². The van der Waals surface area contributed by atoms with E-state index in [0.29, 0.717) is 24.0 Å². The standard InChI is InChI=1S/C21H26ClN3O2/c1-15(2)14-23-19(26)9-10-20(27)25-13-12-24-11-3-4-18(24)21(25)16-5-7-17(22)8-6-16/h3-8,11,15,21H,9-10,12-14H2,1-2H3,(H,23,26). The molecule has 1 unspecified atom stereocenters. The Kier molecular flexibility index (Phi) is 6.22. The van der Waals surface area contributed by atoms with Gasteiger partial charge in [-0.15, -0.1) is 0 Å². The van der Waals surface area contributed by atoms with Crippen molar-refractivity contribution in [2.45, 2.75) is 39.3 Å². The summed E-state index contributed by atoms with van der Waals surface area (Å²) in [6.45, 7) is 6.12. The van der Waals surface area contributed by atoms with Gasteiger partial charge in [0.2, 0.25) is 11.8 Å². The highest BCUT2D eigenvalue weighted by molar-refractivity contribution is 6.30. The molecule has 1 aliphatic heterocycles. The molecular formula is C21H26ClN3O2. The fourth-order valence-electron chi connectivity index (χ4n) is 3.42. The lowest BCUT2D eigenvalue weighted by Crippen LogP contribution is -2.42. The third-order valence-electron chi connectivity index (χ3n) is 4.82. The maximum atomic E-state index is 12.9. The number of benzene rings is 1. The van der Waals surface area contributed by atoms with Crippen LogP contribution in [0.15, 0.2) is 42.6 Å². The molecule has 5 nitrogen and oxygen atoms in total. The number of carbonyl (C=O) groups is 2. The molecule has 0 saturated carbocycles. The van der Waals surface area contributed by atoms with Crippen molar-refractivity contribution < 1.29 is 9.59 Å². The van der Waals surface area contributed by atoms with Gasteiger partial charge in [0.05, 0.1) is 6.04 Å². The third kappa shape index (κ3) is 4.72. The molecule has 0 spiro atoms. The van der Waals surface area contributed by atoms with Gasteiger partial charge in [-0.25, -0.2) is 0 Å². The molecule has 3 rings (SSSR count). The normalized spacial score (nSPS) is 16.3. The highest BCUT2D eigenvalue weighted by atomic mass is 35.5. The van der Waals surface area contributed by atoms with E-state index in [2.05, 4.69) is 9.88 Å². The largest absolute Gasteiger partial charge is 0.356 e. The van der Waals surface area contributed by atoms with Crippen molar-refractivity contribution in [2.75, 3.05) is 13.1 Å². The summed E-state index contributed by atoms with van der Waals surface area (Å²) in [5, 5.41) is 3.54.